The van der Waals surface area contributed by atoms with Gasteiger partial charge in [0.25, 0.3) is 5.91 Å². The molecule has 0 aromatic rings. The first-order valence-corrected chi connectivity index (χ1v) is 7.44. The SMILES string of the molecule is O=C(C1CCCC1)N1CCC(N2C(=O)COC2=O)CC1. The van der Waals surface area contributed by atoms with Crippen LogP contribution in [0, 0.1) is 5.92 Å². The third-order valence-corrected chi connectivity index (χ3v) is 4.63. The standard InChI is InChI=1S/C14H20N2O4/c17-12-9-20-14(19)16(12)11-5-7-15(8-6-11)13(18)10-3-1-2-4-10/h10-11H,1-9H2. The van der Waals surface area contributed by atoms with E-state index in [4.69, 9.17) is 4.74 Å². The van der Waals surface area contributed by atoms with Gasteiger partial charge in [0, 0.05) is 25.0 Å². The molecule has 0 aromatic heterocycles. The molecule has 0 aromatic carbocycles. The van der Waals surface area contributed by atoms with Gasteiger partial charge in [0.1, 0.15) is 0 Å². The number of ether oxygens (including phenoxy) is 1. The number of nitrogens with zero attached hydrogens (tertiary/aromatic N) is 2. The van der Waals surface area contributed by atoms with Crippen LogP contribution in [0.1, 0.15) is 38.5 Å². The van der Waals surface area contributed by atoms with Gasteiger partial charge in [-0.25, -0.2) is 9.69 Å². The monoisotopic (exact) mass is 280 g/mol. The van der Waals surface area contributed by atoms with Crippen molar-refractivity contribution in [1.29, 1.82) is 0 Å². The van der Waals surface area contributed by atoms with Crippen LogP contribution in [0.25, 0.3) is 0 Å². The summed E-state index contributed by atoms with van der Waals surface area (Å²) >= 11 is 0. The lowest BCUT2D eigenvalue weighted by molar-refractivity contribution is -0.137. The average Bonchev–Trinajstić information content (AvgIpc) is 3.09. The summed E-state index contributed by atoms with van der Waals surface area (Å²) in [5.41, 5.74) is 0. The largest absolute Gasteiger partial charge is 0.439 e. The summed E-state index contributed by atoms with van der Waals surface area (Å²) in [5.74, 6) is 0.205. The summed E-state index contributed by atoms with van der Waals surface area (Å²) in [7, 11) is 0. The van der Waals surface area contributed by atoms with Gasteiger partial charge in [0.2, 0.25) is 5.91 Å². The summed E-state index contributed by atoms with van der Waals surface area (Å²) in [6, 6.07) is -0.106. The van der Waals surface area contributed by atoms with Gasteiger partial charge in [-0.3, -0.25) is 9.59 Å². The molecule has 6 heteroatoms. The predicted octanol–water partition coefficient (Wildman–Crippen LogP) is 1.15. The van der Waals surface area contributed by atoms with Gasteiger partial charge in [-0.05, 0) is 25.7 Å². The number of cyclic esters (lactones) is 1. The number of hydrogen-bond donors (Lipinski definition) is 0. The Morgan fingerprint density at radius 1 is 1.05 bits per heavy atom. The first-order chi connectivity index (χ1) is 9.66. The van der Waals surface area contributed by atoms with E-state index >= 15 is 0 Å². The zero-order chi connectivity index (χ0) is 14.1. The first-order valence-electron chi connectivity index (χ1n) is 7.44. The molecule has 0 spiro atoms. The lowest BCUT2D eigenvalue weighted by Crippen LogP contribution is -2.49. The van der Waals surface area contributed by atoms with Crippen molar-refractivity contribution in [3.05, 3.63) is 0 Å². The molecule has 0 bridgehead atoms. The van der Waals surface area contributed by atoms with Crippen LogP contribution in [0.2, 0.25) is 0 Å². The maximum Gasteiger partial charge on any atom is 0.417 e. The number of piperidine rings is 1. The van der Waals surface area contributed by atoms with Gasteiger partial charge in [-0.2, -0.15) is 0 Å². The summed E-state index contributed by atoms with van der Waals surface area (Å²) in [4.78, 5) is 38.6. The fourth-order valence-electron chi connectivity index (χ4n) is 3.49. The quantitative estimate of drug-likeness (QED) is 0.761. The van der Waals surface area contributed by atoms with Crippen LogP contribution < -0.4 is 0 Å². The van der Waals surface area contributed by atoms with Crippen molar-refractivity contribution in [3.63, 3.8) is 0 Å². The molecule has 2 saturated heterocycles. The van der Waals surface area contributed by atoms with E-state index in [1.54, 1.807) is 0 Å². The maximum absolute atomic E-state index is 12.3. The molecule has 2 heterocycles. The molecular formula is C14H20N2O4. The number of hydrogen-bond acceptors (Lipinski definition) is 4. The Bertz CT molecular complexity index is 407. The highest BCUT2D eigenvalue weighted by molar-refractivity contribution is 5.98. The molecule has 110 valence electrons. The summed E-state index contributed by atoms with van der Waals surface area (Å²) in [5, 5.41) is 0. The average molecular weight is 280 g/mol. The number of imide groups is 1. The van der Waals surface area contributed by atoms with E-state index in [9.17, 15) is 14.4 Å². The summed E-state index contributed by atoms with van der Waals surface area (Å²) in [6.07, 6.45) is 5.13. The Hall–Kier alpha value is -1.59. The topological polar surface area (TPSA) is 66.9 Å². The van der Waals surface area contributed by atoms with Crippen molar-refractivity contribution < 1.29 is 19.1 Å². The minimum atomic E-state index is -0.532. The second-order valence-corrected chi connectivity index (χ2v) is 5.86. The Morgan fingerprint density at radius 3 is 2.25 bits per heavy atom. The highest BCUT2D eigenvalue weighted by Crippen LogP contribution is 2.28. The molecule has 0 unspecified atom stereocenters. The Kier molecular flexibility index (Phi) is 3.63. The normalized spacial score (nSPS) is 25.4. The van der Waals surface area contributed by atoms with Gasteiger partial charge < -0.3 is 9.64 Å². The molecule has 3 amide bonds. The molecule has 1 saturated carbocycles. The van der Waals surface area contributed by atoms with Crippen LogP contribution in [0.4, 0.5) is 4.79 Å². The number of rotatable bonds is 2. The second kappa shape index (κ2) is 5.42. The van der Waals surface area contributed by atoms with Gasteiger partial charge in [0.05, 0.1) is 0 Å². The summed E-state index contributed by atoms with van der Waals surface area (Å²) < 4.78 is 4.74. The molecule has 0 radical (unpaired) electrons. The molecule has 3 rings (SSSR count). The van der Waals surface area contributed by atoms with Crippen molar-refractivity contribution in [2.24, 2.45) is 5.92 Å². The van der Waals surface area contributed by atoms with E-state index in [2.05, 4.69) is 0 Å². The van der Waals surface area contributed by atoms with E-state index in [0.717, 1.165) is 25.7 Å². The highest BCUT2D eigenvalue weighted by Gasteiger charge is 2.39. The van der Waals surface area contributed by atoms with E-state index in [1.165, 1.54) is 4.90 Å². The molecular weight excluding hydrogens is 260 g/mol. The molecule has 3 aliphatic rings. The molecule has 0 N–H and O–H groups in total. The number of carbonyl (C=O) groups excluding carboxylic acids is 3. The predicted molar refractivity (Wildman–Crippen MR) is 69.8 cm³/mol. The van der Waals surface area contributed by atoms with E-state index in [1.807, 2.05) is 4.90 Å². The number of likely N-dealkylation sites (tertiary alicyclic amines) is 1. The molecule has 3 fully saturated rings. The smallest absolute Gasteiger partial charge is 0.417 e. The van der Waals surface area contributed by atoms with E-state index in [0.29, 0.717) is 25.9 Å². The van der Waals surface area contributed by atoms with Crippen molar-refractivity contribution in [2.45, 2.75) is 44.6 Å². The third-order valence-electron chi connectivity index (χ3n) is 4.63. The number of amides is 3. The minimum Gasteiger partial charge on any atom is -0.439 e. The van der Waals surface area contributed by atoms with Gasteiger partial charge in [0.15, 0.2) is 6.61 Å². The first kappa shape index (κ1) is 13.4. The molecule has 2 aliphatic heterocycles. The molecule has 0 atom stereocenters. The Labute approximate surface area is 118 Å². The third kappa shape index (κ3) is 2.39. The molecule has 6 nitrogen and oxygen atoms in total. The van der Waals surface area contributed by atoms with Crippen molar-refractivity contribution >= 4 is 17.9 Å². The second-order valence-electron chi connectivity index (χ2n) is 5.86. The lowest BCUT2D eigenvalue weighted by Gasteiger charge is -2.35. The van der Waals surface area contributed by atoms with Crippen LogP contribution in [0.15, 0.2) is 0 Å². The number of carbonyl (C=O) groups is 3. The molecule has 20 heavy (non-hydrogen) atoms. The van der Waals surface area contributed by atoms with Crippen LogP contribution >= 0.6 is 0 Å². The minimum absolute atomic E-state index is 0.106. The van der Waals surface area contributed by atoms with Crippen molar-refractivity contribution in [1.82, 2.24) is 9.80 Å². The zero-order valence-corrected chi connectivity index (χ0v) is 11.5. The summed E-state index contributed by atoms with van der Waals surface area (Å²) in [6.45, 7) is 1.13. The van der Waals surface area contributed by atoms with Crippen LogP contribution in [0.3, 0.4) is 0 Å². The van der Waals surface area contributed by atoms with Crippen LogP contribution in [-0.2, 0) is 14.3 Å². The van der Waals surface area contributed by atoms with Crippen LogP contribution in [0.5, 0.6) is 0 Å². The van der Waals surface area contributed by atoms with E-state index < -0.39 is 6.09 Å². The fourth-order valence-corrected chi connectivity index (χ4v) is 3.49. The van der Waals surface area contributed by atoms with Crippen molar-refractivity contribution in [2.75, 3.05) is 19.7 Å². The van der Waals surface area contributed by atoms with Gasteiger partial charge >= 0.3 is 6.09 Å². The van der Waals surface area contributed by atoms with Crippen molar-refractivity contribution in [3.8, 4) is 0 Å². The van der Waals surface area contributed by atoms with Gasteiger partial charge in [-0.15, -0.1) is 0 Å². The van der Waals surface area contributed by atoms with Crippen LogP contribution in [-0.4, -0.2) is 53.4 Å². The Morgan fingerprint density at radius 2 is 1.70 bits per heavy atom. The zero-order valence-electron chi connectivity index (χ0n) is 11.5. The molecule has 1 aliphatic carbocycles. The highest BCUT2D eigenvalue weighted by atomic mass is 16.6. The van der Waals surface area contributed by atoms with E-state index in [-0.39, 0.29) is 30.4 Å². The maximum atomic E-state index is 12.3. The Balaban J connectivity index is 1.55. The van der Waals surface area contributed by atoms with Gasteiger partial charge in [-0.1, -0.05) is 12.8 Å². The lowest BCUT2D eigenvalue weighted by atomic mass is 10.00. The fraction of sp³-hybridized carbons (Fsp3) is 0.786.